The van der Waals surface area contributed by atoms with Crippen molar-refractivity contribution in [3.8, 4) is 5.54 Å². The Labute approximate surface area is 40.6 Å². The number of hydrogen-bond acceptors (Lipinski definition) is 0. The van der Waals surface area contributed by atoms with E-state index in [-0.39, 0.29) is 0 Å². The maximum Gasteiger partial charge on any atom is 0.0806 e. The van der Waals surface area contributed by atoms with Gasteiger partial charge in [-0.3, -0.25) is 0 Å². The van der Waals surface area contributed by atoms with Crippen LogP contribution in [0.1, 0.15) is 0 Å². The molecule has 34 valence electrons. The Morgan fingerprint density at radius 3 is 1.50 bits per heavy atom. The summed E-state index contributed by atoms with van der Waals surface area (Å²) in [7, 11) is -1.21. The lowest BCUT2D eigenvalue weighted by molar-refractivity contribution is 1.81. The minimum Gasteiger partial charge on any atom is -0.701 e. The van der Waals surface area contributed by atoms with Gasteiger partial charge in [0.05, 0.1) is 8.07 Å². The summed E-state index contributed by atoms with van der Waals surface area (Å²) in [6, 6.07) is 0. The van der Waals surface area contributed by atoms with Crippen LogP contribution < -0.4 is 0 Å². The summed E-state index contributed by atoms with van der Waals surface area (Å²) in [5, 5.41) is 0. The Kier molecular flexibility index (Phi) is 1.43. The molecule has 0 aliphatic heterocycles. The number of rotatable bonds is 0. The molecule has 0 rings (SSSR count). The van der Waals surface area contributed by atoms with Crippen LogP contribution in [0.4, 0.5) is 0 Å². The van der Waals surface area contributed by atoms with Gasteiger partial charge < -0.3 is 12.0 Å². The zero-order valence-corrected chi connectivity index (χ0v) is 5.50. The third-order valence-electron chi connectivity index (χ3n) is 0.375. The molecule has 0 heterocycles. The van der Waals surface area contributed by atoms with Crippen molar-refractivity contribution >= 4 is 8.07 Å². The molecule has 0 unspecified atom stereocenters. The summed E-state index contributed by atoms with van der Waals surface area (Å²) in [5.41, 5.74) is 2.49. The molecule has 0 aliphatic rings. The van der Waals surface area contributed by atoms with Gasteiger partial charge in [-0.25, -0.2) is 0 Å². The van der Waals surface area contributed by atoms with Crippen LogP contribution in [0.2, 0.25) is 19.6 Å². The van der Waals surface area contributed by atoms with Gasteiger partial charge in [0.25, 0.3) is 0 Å². The first-order valence-corrected chi connectivity index (χ1v) is 5.50. The van der Waals surface area contributed by atoms with Crippen molar-refractivity contribution in [3.63, 3.8) is 0 Å². The van der Waals surface area contributed by atoms with Crippen molar-refractivity contribution in [1.82, 2.24) is 0 Å². The fourth-order valence-corrected chi connectivity index (χ4v) is 0. The molecule has 0 saturated heterocycles. The van der Waals surface area contributed by atoms with Crippen molar-refractivity contribution in [3.05, 3.63) is 6.42 Å². The summed E-state index contributed by atoms with van der Waals surface area (Å²) in [6.07, 6.45) is 6.67. The second-order valence-electron chi connectivity index (χ2n) is 2.38. The molecule has 0 N–H and O–H groups in total. The first-order valence-electron chi connectivity index (χ1n) is 2.00. The van der Waals surface area contributed by atoms with E-state index in [2.05, 4.69) is 25.2 Å². The van der Waals surface area contributed by atoms with Gasteiger partial charge in [-0.2, -0.15) is 0 Å². The number of hydrogen-bond donors (Lipinski definition) is 0. The predicted octanol–water partition coefficient (Wildman–Crippen LogP) is 1.45. The Morgan fingerprint density at radius 1 is 1.33 bits per heavy atom. The van der Waals surface area contributed by atoms with Crippen molar-refractivity contribution in [2.45, 2.75) is 19.6 Å². The molecule has 0 radical (unpaired) electrons. The lowest BCUT2D eigenvalue weighted by atomic mass is 11.4. The zero-order valence-electron chi connectivity index (χ0n) is 4.50. The van der Waals surface area contributed by atoms with E-state index in [0.29, 0.717) is 0 Å². The van der Waals surface area contributed by atoms with Gasteiger partial charge in [-0.1, -0.05) is 19.6 Å². The van der Waals surface area contributed by atoms with E-state index in [1.165, 1.54) is 0 Å². The van der Waals surface area contributed by atoms with E-state index in [9.17, 15) is 0 Å². The van der Waals surface area contributed by atoms with Gasteiger partial charge in [0.2, 0.25) is 0 Å². The van der Waals surface area contributed by atoms with Crippen LogP contribution >= 0.6 is 0 Å². The van der Waals surface area contributed by atoms with Crippen LogP contribution in [-0.4, -0.2) is 8.07 Å². The van der Waals surface area contributed by atoms with E-state index < -0.39 is 8.07 Å². The Hall–Kier alpha value is -0.223. The van der Waals surface area contributed by atoms with E-state index in [0.717, 1.165) is 0 Å². The van der Waals surface area contributed by atoms with E-state index in [1.54, 1.807) is 0 Å². The molecular formula is C5H9Si-. The van der Waals surface area contributed by atoms with Gasteiger partial charge in [0, 0.05) is 0 Å². The van der Waals surface area contributed by atoms with E-state index in [1.807, 2.05) is 0 Å². The average molecular weight is 97.2 g/mol. The second kappa shape index (κ2) is 1.48. The quantitative estimate of drug-likeness (QED) is 0.244. The van der Waals surface area contributed by atoms with E-state index in [4.69, 9.17) is 6.42 Å². The molecule has 0 aromatic heterocycles. The SMILES string of the molecule is [C-]#C[Si](C)(C)C. The molecule has 0 amide bonds. The predicted molar refractivity (Wildman–Crippen MR) is 30.5 cm³/mol. The lowest BCUT2D eigenvalue weighted by Gasteiger charge is -2.08. The summed E-state index contributed by atoms with van der Waals surface area (Å²) in [6.45, 7) is 6.25. The van der Waals surface area contributed by atoms with Crippen LogP contribution in [0.25, 0.3) is 0 Å². The molecule has 0 atom stereocenters. The third kappa shape index (κ3) is 3.78. The molecule has 0 saturated carbocycles. The first-order chi connectivity index (χ1) is 2.56. The topological polar surface area (TPSA) is 0 Å². The molecule has 0 aromatic carbocycles. The molecule has 0 aromatic rings. The highest BCUT2D eigenvalue weighted by atomic mass is 28.3. The van der Waals surface area contributed by atoms with Crippen molar-refractivity contribution in [2.75, 3.05) is 0 Å². The Morgan fingerprint density at radius 2 is 1.50 bits per heavy atom. The minimum atomic E-state index is -1.21. The molecule has 1 heteroatoms. The standard InChI is InChI=1S/C5H9Si/c1-5-6(2,3)4/h2-4H3/q-1. The van der Waals surface area contributed by atoms with E-state index >= 15 is 0 Å². The summed E-state index contributed by atoms with van der Waals surface area (Å²) < 4.78 is 0. The third-order valence-corrected chi connectivity index (χ3v) is 1.12. The van der Waals surface area contributed by atoms with Crippen molar-refractivity contribution in [2.24, 2.45) is 0 Å². The van der Waals surface area contributed by atoms with Crippen LogP contribution in [0.15, 0.2) is 0 Å². The van der Waals surface area contributed by atoms with Gasteiger partial charge >= 0.3 is 0 Å². The minimum absolute atomic E-state index is 1.21. The molecule has 0 bridgehead atoms. The summed E-state index contributed by atoms with van der Waals surface area (Å²) in [5.74, 6) is 0. The summed E-state index contributed by atoms with van der Waals surface area (Å²) >= 11 is 0. The maximum atomic E-state index is 6.67. The molecule has 0 fully saturated rings. The zero-order chi connectivity index (χ0) is 5.21. The fraction of sp³-hybridized carbons (Fsp3) is 0.600. The molecular weight excluding hydrogens is 88.1 g/mol. The molecule has 0 nitrogen and oxygen atoms in total. The first kappa shape index (κ1) is 5.78. The fourth-order valence-electron chi connectivity index (χ4n) is 0. The van der Waals surface area contributed by atoms with Crippen LogP contribution in [-0.2, 0) is 0 Å². The Bertz CT molecular complexity index is 70.9. The van der Waals surface area contributed by atoms with Gasteiger partial charge in [0.15, 0.2) is 0 Å². The highest BCUT2D eigenvalue weighted by Gasteiger charge is 1.99. The highest BCUT2D eigenvalue weighted by molar-refractivity contribution is 6.83. The maximum absolute atomic E-state index is 6.67. The highest BCUT2D eigenvalue weighted by Crippen LogP contribution is 1.94. The van der Waals surface area contributed by atoms with Gasteiger partial charge in [-0.15, -0.1) is 0 Å². The second-order valence-corrected chi connectivity index (χ2v) is 7.12. The molecule has 0 aliphatic carbocycles. The average Bonchev–Trinajstić information content (AvgIpc) is 1.35. The van der Waals surface area contributed by atoms with Gasteiger partial charge in [0.1, 0.15) is 0 Å². The van der Waals surface area contributed by atoms with Crippen LogP contribution in [0.3, 0.4) is 0 Å². The monoisotopic (exact) mass is 97.0 g/mol. The molecule has 6 heavy (non-hydrogen) atoms. The van der Waals surface area contributed by atoms with Crippen molar-refractivity contribution in [1.29, 1.82) is 0 Å². The largest absolute Gasteiger partial charge is 0.701 e. The normalized spacial score (nSPS) is 10.3. The lowest BCUT2D eigenvalue weighted by Crippen LogP contribution is -2.15. The van der Waals surface area contributed by atoms with Gasteiger partial charge in [-0.05, 0) is 0 Å². The Balaban J connectivity index is 3.55. The van der Waals surface area contributed by atoms with Crippen molar-refractivity contribution < 1.29 is 0 Å². The smallest absolute Gasteiger partial charge is 0.0806 e. The summed E-state index contributed by atoms with van der Waals surface area (Å²) in [4.78, 5) is 0. The molecule has 0 spiro atoms. The van der Waals surface area contributed by atoms with Crippen LogP contribution in [0.5, 0.6) is 0 Å². The van der Waals surface area contributed by atoms with Crippen LogP contribution in [0, 0.1) is 12.0 Å².